The monoisotopic (exact) mass is 267 g/mol. The summed E-state index contributed by atoms with van der Waals surface area (Å²) >= 11 is 0. The van der Waals surface area contributed by atoms with Gasteiger partial charge in [0.05, 0.1) is 17.9 Å². The minimum atomic E-state index is -0.384. The van der Waals surface area contributed by atoms with Crippen LogP contribution in [0.25, 0.3) is 0 Å². The molecule has 2 atom stereocenters. The van der Waals surface area contributed by atoms with Gasteiger partial charge < -0.3 is 14.7 Å². The molecule has 0 amide bonds. The van der Waals surface area contributed by atoms with Gasteiger partial charge in [0.2, 0.25) is 0 Å². The van der Waals surface area contributed by atoms with Crippen LogP contribution in [0, 0.1) is 5.82 Å². The van der Waals surface area contributed by atoms with Gasteiger partial charge in [-0.15, -0.1) is 0 Å². The van der Waals surface area contributed by atoms with Crippen molar-refractivity contribution >= 4 is 5.71 Å². The first-order valence-electron chi connectivity index (χ1n) is 6.37. The predicted molar refractivity (Wildman–Crippen MR) is 69.5 cm³/mol. The van der Waals surface area contributed by atoms with Crippen LogP contribution in [0.4, 0.5) is 4.39 Å². The zero-order chi connectivity index (χ0) is 13.8. The summed E-state index contributed by atoms with van der Waals surface area (Å²) in [5.41, 5.74) is 0.964. The molecule has 1 aliphatic rings. The van der Waals surface area contributed by atoms with Crippen molar-refractivity contribution in [2.45, 2.75) is 38.9 Å². The predicted octanol–water partition coefficient (Wildman–Crippen LogP) is 2.97. The summed E-state index contributed by atoms with van der Waals surface area (Å²) in [6.45, 7) is 4.03. The van der Waals surface area contributed by atoms with Crippen molar-refractivity contribution in [1.29, 1.82) is 0 Å². The van der Waals surface area contributed by atoms with Crippen molar-refractivity contribution in [3.63, 3.8) is 0 Å². The fourth-order valence-corrected chi connectivity index (χ4v) is 2.16. The highest BCUT2D eigenvalue weighted by atomic mass is 19.1. The number of hydrogen-bond donors (Lipinski definition) is 1. The lowest BCUT2D eigenvalue weighted by molar-refractivity contribution is 0.0263. The minimum Gasteiger partial charge on any atom is -0.490 e. The molecule has 1 saturated heterocycles. The van der Waals surface area contributed by atoms with E-state index in [4.69, 9.17) is 14.7 Å². The van der Waals surface area contributed by atoms with Gasteiger partial charge in [0.1, 0.15) is 18.2 Å². The molecule has 104 valence electrons. The average Bonchev–Trinajstić information content (AvgIpc) is 2.81. The summed E-state index contributed by atoms with van der Waals surface area (Å²) in [6, 6.07) is 4.14. The first-order valence-corrected chi connectivity index (χ1v) is 6.37. The van der Waals surface area contributed by atoms with E-state index in [1.165, 1.54) is 18.2 Å². The fraction of sp³-hybridized carbons (Fsp3) is 0.500. The Hall–Kier alpha value is -1.62. The number of nitrogens with zero attached hydrogens (tertiary/aromatic N) is 1. The van der Waals surface area contributed by atoms with Crippen molar-refractivity contribution < 1.29 is 19.1 Å². The summed E-state index contributed by atoms with van der Waals surface area (Å²) in [5, 5.41) is 11.9. The lowest BCUT2D eigenvalue weighted by Gasteiger charge is -2.15. The third kappa shape index (κ3) is 3.44. The van der Waals surface area contributed by atoms with Gasteiger partial charge >= 0.3 is 0 Å². The zero-order valence-electron chi connectivity index (χ0n) is 11.1. The normalized spacial score (nSPS) is 23.6. The molecule has 2 unspecified atom stereocenters. The van der Waals surface area contributed by atoms with Crippen LogP contribution in [0.5, 0.6) is 5.75 Å². The third-order valence-electron chi connectivity index (χ3n) is 3.23. The van der Waals surface area contributed by atoms with Gasteiger partial charge in [0.25, 0.3) is 0 Å². The fourth-order valence-electron chi connectivity index (χ4n) is 2.16. The highest BCUT2D eigenvalue weighted by Crippen LogP contribution is 2.24. The molecule has 0 aliphatic carbocycles. The third-order valence-corrected chi connectivity index (χ3v) is 3.23. The molecule has 19 heavy (non-hydrogen) atoms. The highest BCUT2D eigenvalue weighted by Gasteiger charge is 2.22. The lowest BCUT2D eigenvalue weighted by Crippen LogP contribution is -2.18. The van der Waals surface area contributed by atoms with Gasteiger partial charge in [0.15, 0.2) is 0 Å². The summed E-state index contributed by atoms with van der Waals surface area (Å²) in [5.74, 6) is -0.0105. The van der Waals surface area contributed by atoms with Gasteiger partial charge in [0, 0.05) is 11.6 Å². The van der Waals surface area contributed by atoms with Crippen molar-refractivity contribution in [2.24, 2.45) is 5.16 Å². The van der Waals surface area contributed by atoms with Crippen LogP contribution in [0.2, 0.25) is 0 Å². The molecule has 1 N–H and O–H groups in total. The molecular formula is C14H18FNO3. The molecule has 1 heterocycles. The molecule has 1 aromatic carbocycles. The van der Waals surface area contributed by atoms with Crippen molar-refractivity contribution in [2.75, 3.05) is 6.61 Å². The Labute approximate surface area is 111 Å². The van der Waals surface area contributed by atoms with Crippen LogP contribution in [0.15, 0.2) is 23.4 Å². The molecule has 1 fully saturated rings. The first kappa shape index (κ1) is 13.8. The average molecular weight is 267 g/mol. The lowest BCUT2D eigenvalue weighted by atomic mass is 10.1. The zero-order valence-corrected chi connectivity index (χ0v) is 11.1. The molecule has 1 aromatic rings. The van der Waals surface area contributed by atoms with Gasteiger partial charge in [-0.1, -0.05) is 5.16 Å². The Kier molecular flexibility index (Phi) is 4.37. The topological polar surface area (TPSA) is 51.1 Å². The maximum atomic E-state index is 13.3. The van der Waals surface area contributed by atoms with E-state index in [-0.39, 0.29) is 18.0 Å². The number of rotatable bonds is 4. The summed E-state index contributed by atoms with van der Waals surface area (Å²) in [7, 11) is 0. The Morgan fingerprint density at radius 1 is 1.53 bits per heavy atom. The van der Waals surface area contributed by atoms with E-state index in [2.05, 4.69) is 5.16 Å². The molecule has 0 aromatic heterocycles. The maximum absolute atomic E-state index is 13.3. The van der Waals surface area contributed by atoms with Crippen LogP contribution in [0.3, 0.4) is 0 Å². The van der Waals surface area contributed by atoms with Crippen LogP contribution in [-0.4, -0.2) is 29.7 Å². The molecule has 5 heteroatoms. The van der Waals surface area contributed by atoms with Crippen LogP contribution in [-0.2, 0) is 4.74 Å². The van der Waals surface area contributed by atoms with Crippen molar-refractivity contribution in [3.8, 4) is 5.75 Å². The molecule has 0 radical (unpaired) electrons. The summed E-state index contributed by atoms with van der Waals surface area (Å²) in [4.78, 5) is 0. The largest absolute Gasteiger partial charge is 0.490 e. The van der Waals surface area contributed by atoms with E-state index in [1.807, 2.05) is 6.92 Å². The van der Waals surface area contributed by atoms with E-state index in [9.17, 15) is 4.39 Å². The molecular weight excluding hydrogens is 249 g/mol. The number of oxime groups is 1. The van der Waals surface area contributed by atoms with E-state index < -0.39 is 0 Å². The smallest absolute Gasteiger partial charge is 0.131 e. The molecule has 4 nitrogen and oxygen atoms in total. The Morgan fingerprint density at radius 3 is 2.95 bits per heavy atom. The van der Waals surface area contributed by atoms with Gasteiger partial charge in [-0.25, -0.2) is 4.39 Å². The van der Waals surface area contributed by atoms with E-state index in [0.717, 1.165) is 12.8 Å². The summed E-state index contributed by atoms with van der Waals surface area (Å²) in [6.07, 6.45) is 2.25. The molecule has 0 saturated carbocycles. The van der Waals surface area contributed by atoms with Gasteiger partial charge in [-0.05, 0) is 38.8 Å². The van der Waals surface area contributed by atoms with E-state index in [0.29, 0.717) is 23.6 Å². The molecule has 0 bridgehead atoms. The molecule has 0 spiro atoms. The van der Waals surface area contributed by atoms with Gasteiger partial charge in [-0.3, -0.25) is 0 Å². The van der Waals surface area contributed by atoms with Crippen LogP contribution in [0.1, 0.15) is 32.3 Å². The van der Waals surface area contributed by atoms with Crippen LogP contribution < -0.4 is 4.74 Å². The molecule has 1 aliphatic heterocycles. The molecule has 2 rings (SSSR count). The van der Waals surface area contributed by atoms with Crippen molar-refractivity contribution in [3.05, 3.63) is 29.6 Å². The minimum absolute atomic E-state index is 0.0393. The maximum Gasteiger partial charge on any atom is 0.131 e. The highest BCUT2D eigenvalue weighted by molar-refractivity contribution is 6.00. The Balaban J connectivity index is 2.08. The number of halogens is 1. The first-order chi connectivity index (χ1) is 9.10. The Bertz CT molecular complexity index is 476. The second kappa shape index (κ2) is 6.02. The number of ether oxygens (including phenoxy) is 2. The quantitative estimate of drug-likeness (QED) is 0.518. The van der Waals surface area contributed by atoms with E-state index in [1.54, 1.807) is 6.92 Å². The number of hydrogen-bond acceptors (Lipinski definition) is 4. The standard InChI is InChI=1S/C14H18FNO3/c1-9-3-5-12(19-9)8-18-14-7-11(15)4-6-13(14)10(2)16-17/h4,6-7,9,12,17H,3,5,8H2,1-2H3/b16-10+. The second-order valence-electron chi connectivity index (χ2n) is 4.78. The van der Waals surface area contributed by atoms with Gasteiger partial charge in [-0.2, -0.15) is 0 Å². The van der Waals surface area contributed by atoms with Crippen molar-refractivity contribution in [1.82, 2.24) is 0 Å². The SMILES string of the molecule is C/C(=N\O)c1ccc(F)cc1OCC1CCC(C)O1. The summed E-state index contributed by atoms with van der Waals surface area (Å²) < 4.78 is 24.5. The second-order valence-corrected chi connectivity index (χ2v) is 4.78. The van der Waals surface area contributed by atoms with E-state index >= 15 is 0 Å². The van der Waals surface area contributed by atoms with Crippen LogP contribution >= 0.6 is 0 Å². The number of benzene rings is 1. The Morgan fingerprint density at radius 2 is 2.32 bits per heavy atom.